The predicted octanol–water partition coefficient (Wildman–Crippen LogP) is 2.99. The molecule has 3 unspecified atom stereocenters. The van der Waals surface area contributed by atoms with Crippen molar-refractivity contribution in [1.82, 2.24) is 5.32 Å². The van der Waals surface area contributed by atoms with Gasteiger partial charge in [-0.2, -0.15) is 0 Å². The number of nitro groups is 1. The van der Waals surface area contributed by atoms with Crippen LogP contribution in [0.5, 0.6) is 0 Å². The fourth-order valence-electron chi connectivity index (χ4n) is 5.09. The number of hydrogen-bond acceptors (Lipinski definition) is 5. The highest BCUT2D eigenvalue weighted by molar-refractivity contribution is 5.95. The van der Waals surface area contributed by atoms with E-state index < -0.39 is 4.92 Å². The van der Waals surface area contributed by atoms with Crippen molar-refractivity contribution < 1.29 is 14.5 Å². The largest absolute Gasteiger partial charge is 0.378 e. The van der Waals surface area contributed by atoms with E-state index >= 15 is 0 Å². The van der Waals surface area contributed by atoms with Crippen molar-refractivity contribution in [3.63, 3.8) is 0 Å². The summed E-state index contributed by atoms with van der Waals surface area (Å²) < 4.78 is 5.31. The first-order valence-electron chi connectivity index (χ1n) is 10.0. The zero-order valence-electron chi connectivity index (χ0n) is 15.6. The number of morpholine rings is 1. The van der Waals surface area contributed by atoms with Crippen LogP contribution in [0.25, 0.3) is 0 Å². The van der Waals surface area contributed by atoms with Crippen LogP contribution in [-0.2, 0) is 4.74 Å². The smallest absolute Gasteiger partial charge is 0.293 e. The molecule has 3 fully saturated rings. The number of nitro benzene ring substituents is 1. The van der Waals surface area contributed by atoms with Crippen LogP contribution in [0.4, 0.5) is 11.4 Å². The van der Waals surface area contributed by atoms with Gasteiger partial charge in [-0.3, -0.25) is 14.9 Å². The molecule has 1 heterocycles. The predicted molar refractivity (Wildman–Crippen MR) is 102 cm³/mol. The van der Waals surface area contributed by atoms with Crippen molar-refractivity contribution in [1.29, 1.82) is 0 Å². The van der Waals surface area contributed by atoms with Gasteiger partial charge in [0.15, 0.2) is 0 Å². The summed E-state index contributed by atoms with van der Waals surface area (Å²) >= 11 is 0. The number of rotatable bonds is 6. The normalized spacial score (nSPS) is 27.0. The van der Waals surface area contributed by atoms with E-state index in [2.05, 4.69) is 5.32 Å². The quantitative estimate of drug-likeness (QED) is 0.612. The van der Waals surface area contributed by atoms with Crippen LogP contribution >= 0.6 is 0 Å². The van der Waals surface area contributed by atoms with Crippen molar-refractivity contribution in [3.8, 4) is 0 Å². The van der Waals surface area contributed by atoms with Crippen LogP contribution in [0.15, 0.2) is 18.2 Å². The van der Waals surface area contributed by atoms with Crippen LogP contribution in [0.3, 0.4) is 0 Å². The molecule has 3 aliphatic rings. The van der Waals surface area contributed by atoms with Gasteiger partial charge in [0.1, 0.15) is 5.69 Å². The minimum Gasteiger partial charge on any atom is -0.378 e. The van der Waals surface area contributed by atoms with E-state index in [-0.39, 0.29) is 11.6 Å². The standard InChI is InChI=1S/C20H27N3O4/c24-20(21-6-5-16-12-14-1-2-15(16)11-14)17-3-4-18(19(13-17)23(25)26)22-7-9-27-10-8-22/h3-4,13-16H,1-2,5-12H2,(H,21,24). The first kappa shape index (κ1) is 18.2. The Kier molecular flexibility index (Phi) is 5.29. The molecule has 4 rings (SSSR count). The lowest BCUT2D eigenvalue weighted by Gasteiger charge is -2.28. The maximum atomic E-state index is 12.5. The zero-order chi connectivity index (χ0) is 18.8. The molecule has 1 amide bonds. The molecule has 7 nitrogen and oxygen atoms in total. The van der Waals surface area contributed by atoms with Gasteiger partial charge in [-0.15, -0.1) is 0 Å². The molecule has 0 radical (unpaired) electrons. The van der Waals surface area contributed by atoms with Gasteiger partial charge in [-0.05, 0) is 55.6 Å². The van der Waals surface area contributed by atoms with Gasteiger partial charge in [0, 0.05) is 31.3 Å². The van der Waals surface area contributed by atoms with E-state index in [4.69, 9.17) is 4.74 Å². The van der Waals surface area contributed by atoms with E-state index in [1.807, 2.05) is 4.90 Å². The number of amides is 1. The summed E-state index contributed by atoms with van der Waals surface area (Å²) in [6.07, 6.45) is 6.42. The van der Waals surface area contributed by atoms with Crippen LogP contribution in [-0.4, -0.2) is 43.7 Å². The number of carbonyl (C=O) groups is 1. The van der Waals surface area contributed by atoms with Crippen LogP contribution in [0.1, 0.15) is 42.5 Å². The number of carbonyl (C=O) groups excluding carboxylic acids is 1. The second kappa shape index (κ2) is 7.84. The van der Waals surface area contributed by atoms with E-state index in [9.17, 15) is 14.9 Å². The van der Waals surface area contributed by atoms with E-state index in [1.54, 1.807) is 12.1 Å². The van der Waals surface area contributed by atoms with Gasteiger partial charge in [-0.25, -0.2) is 0 Å². The van der Waals surface area contributed by atoms with E-state index in [0.717, 1.165) is 24.2 Å². The molecule has 1 aromatic carbocycles. The highest BCUT2D eigenvalue weighted by Crippen LogP contribution is 2.49. The van der Waals surface area contributed by atoms with Crippen LogP contribution < -0.4 is 10.2 Å². The van der Waals surface area contributed by atoms with Crippen molar-refractivity contribution in [2.45, 2.75) is 32.1 Å². The average Bonchev–Trinajstić information content (AvgIpc) is 3.31. The third-order valence-electron chi connectivity index (χ3n) is 6.47. The summed E-state index contributed by atoms with van der Waals surface area (Å²) in [6.45, 7) is 3.00. The highest BCUT2D eigenvalue weighted by atomic mass is 16.6. The minimum atomic E-state index is -0.406. The van der Waals surface area contributed by atoms with Gasteiger partial charge in [0.2, 0.25) is 0 Å². The number of nitrogens with zero attached hydrogens (tertiary/aromatic N) is 2. The lowest BCUT2D eigenvalue weighted by Crippen LogP contribution is -2.36. The number of fused-ring (bicyclic) bond motifs is 2. The SMILES string of the molecule is O=C(NCCC1CC2CCC1C2)c1ccc(N2CCOCC2)c([N+](=O)[O-])c1. The van der Waals surface area contributed by atoms with Crippen LogP contribution in [0, 0.1) is 27.9 Å². The summed E-state index contributed by atoms with van der Waals surface area (Å²) in [5.74, 6) is 2.27. The number of benzene rings is 1. The topological polar surface area (TPSA) is 84.7 Å². The fraction of sp³-hybridized carbons (Fsp3) is 0.650. The highest BCUT2D eigenvalue weighted by Gasteiger charge is 2.38. The lowest BCUT2D eigenvalue weighted by molar-refractivity contribution is -0.384. The minimum absolute atomic E-state index is 0.0161. The molecular formula is C20H27N3O4. The Balaban J connectivity index is 1.38. The molecule has 0 aromatic heterocycles. The molecule has 27 heavy (non-hydrogen) atoms. The molecule has 1 N–H and O–H groups in total. The van der Waals surface area contributed by atoms with Crippen molar-refractivity contribution in [3.05, 3.63) is 33.9 Å². The summed E-state index contributed by atoms with van der Waals surface area (Å²) in [6, 6.07) is 4.77. The second-order valence-electron chi connectivity index (χ2n) is 8.04. The number of ether oxygens (including phenoxy) is 1. The lowest BCUT2D eigenvalue weighted by atomic mass is 9.86. The van der Waals surface area contributed by atoms with Crippen molar-refractivity contribution in [2.75, 3.05) is 37.7 Å². The molecule has 1 saturated heterocycles. The van der Waals surface area contributed by atoms with Gasteiger partial charge in [0.05, 0.1) is 18.1 Å². The second-order valence-corrected chi connectivity index (χ2v) is 8.04. The van der Waals surface area contributed by atoms with Crippen molar-refractivity contribution in [2.24, 2.45) is 17.8 Å². The Hall–Kier alpha value is -2.15. The number of nitrogens with one attached hydrogen (secondary N) is 1. The molecule has 2 aliphatic carbocycles. The Morgan fingerprint density at radius 2 is 2.07 bits per heavy atom. The third kappa shape index (κ3) is 3.93. The van der Waals surface area contributed by atoms with Crippen molar-refractivity contribution >= 4 is 17.3 Å². The molecule has 2 bridgehead atoms. The first-order valence-corrected chi connectivity index (χ1v) is 10.0. The maximum absolute atomic E-state index is 12.5. The maximum Gasteiger partial charge on any atom is 0.293 e. The monoisotopic (exact) mass is 373 g/mol. The third-order valence-corrected chi connectivity index (χ3v) is 6.47. The Bertz CT molecular complexity index is 717. The average molecular weight is 373 g/mol. The summed E-state index contributed by atoms with van der Waals surface area (Å²) in [7, 11) is 0. The number of hydrogen-bond donors (Lipinski definition) is 1. The Labute approximate surface area is 159 Å². The van der Waals surface area contributed by atoms with Crippen LogP contribution in [0.2, 0.25) is 0 Å². The van der Waals surface area contributed by atoms with Gasteiger partial charge >= 0.3 is 0 Å². The zero-order valence-corrected chi connectivity index (χ0v) is 15.6. The molecule has 7 heteroatoms. The number of anilines is 1. The molecule has 0 spiro atoms. The van der Waals surface area contributed by atoms with Gasteiger partial charge in [-0.1, -0.05) is 6.42 Å². The molecule has 3 atom stereocenters. The molecule has 1 aromatic rings. The molecule has 146 valence electrons. The van der Waals surface area contributed by atoms with E-state index in [0.29, 0.717) is 44.1 Å². The van der Waals surface area contributed by atoms with Gasteiger partial charge in [0.25, 0.3) is 11.6 Å². The summed E-state index contributed by atoms with van der Waals surface area (Å²) in [5, 5.41) is 14.5. The first-order chi connectivity index (χ1) is 13.1. The van der Waals surface area contributed by atoms with Gasteiger partial charge < -0.3 is 15.0 Å². The fourth-order valence-corrected chi connectivity index (χ4v) is 5.09. The molecule has 2 saturated carbocycles. The molecular weight excluding hydrogens is 346 g/mol. The Morgan fingerprint density at radius 1 is 1.26 bits per heavy atom. The summed E-state index contributed by atoms with van der Waals surface area (Å²) in [5.41, 5.74) is 0.895. The molecule has 1 aliphatic heterocycles. The van der Waals surface area contributed by atoms with E-state index in [1.165, 1.54) is 31.7 Å². The Morgan fingerprint density at radius 3 is 2.74 bits per heavy atom. The summed E-state index contributed by atoms with van der Waals surface area (Å²) in [4.78, 5) is 25.5.